The maximum Gasteiger partial charge on any atom is 0.416 e. The molecule has 0 aliphatic heterocycles. The zero-order valence-corrected chi connectivity index (χ0v) is 13.1. The number of carbonyl (C=O) groups excluding carboxylic acids is 1. The molecule has 1 N–H and O–H groups in total. The second-order valence-corrected chi connectivity index (χ2v) is 6.14. The fourth-order valence-electron chi connectivity index (χ4n) is 2.84. The molecule has 1 aromatic carbocycles. The number of hydrogen-bond acceptors (Lipinski definition) is 2. The summed E-state index contributed by atoms with van der Waals surface area (Å²) in [5, 5.41) is 2.91. The number of nitrogens with one attached hydrogen (secondary N) is 1. The Bertz CT molecular complexity index is 739. The monoisotopic (exact) mass is 334 g/mol. The van der Waals surface area contributed by atoms with Gasteiger partial charge in [-0.25, -0.2) is 0 Å². The molecule has 126 valence electrons. The van der Waals surface area contributed by atoms with Crippen LogP contribution < -0.4 is 5.32 Å². The van der Waals surface area contributed by atoms with Crippen LogP contribution in [-0.2, 0) is 16.4 Å². The zero-order valence-electron chi connectivity index (χ0n) is 13.1. The van der Waals surface area contributed by atoms with Crippen LogP contribution in [0.5, 0.6) is 0 Å². The lowest BCUT2D eigenvalue weighted by atomic mass is 9.92. The lowest BCUT2D eigenvalue weighted by Gasteiger charge is -2.21. The van der Waals surface area contributed by atoms with Gasteiger partial charge in [-0.15, -0.1) is 0 Å². The van der Waals surface area contributed by atoms with E-state index < -0.39 is 17.2 Å². The predicted molar refractivity (Wildman–Crippen MR) is 83.2 cm³/mol. The Morgan fingerprint density at radius 3 is 2.46 bits per heavy atom. The SMILES string of the molecule is C[C@@H](NC(=O)C1(c2cccc(C(F)(F)F)c2)CC1)c1ccncc1. The molecule has 1 heterocycles. The van der Waals surface area contributed by atoms with Gasteiger partial charge < -0.3 is 5.32 Å². The average Bonchev–Trinajstić information content (AvgIpc) is 3.37. The van der Waals surface area contributed by atoms with E-state index in [9.17, 15) is 18.0 Å². The lowest BCUT2D eigenvalue weighted by Crippen LogP contribution is -2.36. The number of nitrogens with zero attached hydrogens (tertiary/aromatic N) is 1. The van der Waals surface area contributed by atoms with Gasteiger partial charge in [-0.2, -0.15) is 13.2 Å². The summed E-state index contributed by atoms with van der Waals surface area (Å²) < 4.78 is 38.7. The minimum Gasteiger partial charge on any atom is -0.349 e. The van der Waals surface area contributed by atoms with Crippen molar-refractivity contribution in [3.05, 3.63) is 65.5 Å². The molecule has 1 saturated carbocycles. The highest BCUT2D eigenvalue weighted by atomic mass is 19.4. The molecular weight excluding hydrogens is 317 g/mol. The van der Waals surface area contributed by atoms with E-state index in [1.165, 1.54) is 6.07 Å². The number of halogens is 3. The van der Waals surface area contributed by atoms with Crippen LogP contribution in [-0.4, -0.2) is 10.9 Å². The van der Waals surface area contributed by atoms with Gasteiger partial charge in [-0.3, -0.25) is 9.78 Å². The molecule has 1 atom stereocenters. The topological polar surface area (TPSA) is 42.0 Å². The minimum absolute atomic E-state index is 0.230. The van der Waals surface area contributed by atoms with Crippen molar-refractivity contribution in [1.82, 2.24) is 10.3 Å². The lowest BCUT2D eigenvalue weighted by molar-refractivity contribution is -0.137. The Labute approximate surface area is 137 Å². The molecule has 6 heteroatoms. The van der Waals surface area contributed by atoms with Crippen molar-refractivity contribution in [2.24, 2.45) is 0 Å². The maximum absolute atomic E-state index is 12.9. The summed E-state index contributed by atoms with van der Waals surface area (Å²) in [6.45, 7) is 1.84. The number of pyridine rings is 1. The molecule has 1 amide bonds. The van der Waals surface area contributed by atoms with E-state index in [0.717, 1.165) is 17.7 Å². The Kier molecular flexibility index (Phi) is 4.07. The summed E-state index contributed by atoms with van der Waals surface area (Å²) in [5.74, 6) is -0.230. The summed E-state index contributed by atoms with van der Waals surface area (Å²) >= 11 is 0. The zero-order chi connectivity index (χ0) is 17.4. The number of amides is 1. The van der Waals surface area contributed by atoms with E-state index in [2.05, 4.69) is 10.3 Å². The fourth-order valence-corrected chi connectivity index (χ4v) is 2.84. The van der Waals surface area contributed by atoms with Crippen LogP contribution in [0.4, 0.5) is 13.2 Å². The molecule has 3 rings (SSSR count). The van der Waals surface area contributed by atoms with Gasteiger partial charge >= 0.3 is 6.18 Å². The van der Waals surface area contributed by atoms with Crippen LogP contribution in [0.25, 0.3) is 0 Å². The van der Waals surface area contributed by atoms with Gasteiger partial charge in [-0.05, 0) is 49.1 Å². The van der Waals surface area contributed by atoms with Crippen LogP contribution in [0.1, 0.15) is 42.5 Å². The van der Waals surface area contributed by atoms with E-state index in [1.54, 1.807) is 30.6 Å². The molecule has 1 aliphatic carbocycles. The van der Waals surface area contributed by atoms with Crippen LogP contribution >= 0.6 is 0 Å². The molecule has 1 aliphatic rings. The van der Waals surface area contributed by atoms with Gasteiger partial charge in [0.2, 0.25) is 5.91 Å². The molecule has 1 fully saturated rings. The largest absolute Gasteiger partial charge is 0.416 e. The smallest absolute Gasteiger partial charge is 0.349 e. The number of carbonyl (C=O) groups is 1. The summed E-state index contributed by atoms with van der Waals surface area (Å²) in [7, 11) is 0. The van der Waals surface area contributed by atoms with E-state index >= 15 is 0 Å². The van der Waals surface area contributed by atoms with Gasteiger partial charge in [0.05, 0.1) is 17.0 Å². The number of benzene rings is 1. The van der Waals surface area contributed by atoms with Crippen LogP contribution in [0.3, 0.4) is 0 Å². The van der Waals surface area contributed by atoms with Crippen molar-refractivity contribution in [2.75, 3.05) is 0 Å². The molecule has 0 bridgehead atoms. The highest BCUT2D eigenvalue weighted by molar-refractivity contribution is 5.91. The summed E-state index contributed by atoms with van der Waals surface area (Å²) in [6.07, 6.45) is -0.0192. The van der Waals surface area contributed by atoms with E-state index in [1.807, 2.05) is 6.92 Å². The standard InChI is InChI=1S/C18H17F3N2O/c1-12(13-5-9-22-10-6-13)23-16(24)17(7-8-17)14-3-2-4-15(11-14)18(19,20)21/h2-6,9-12H,7-8H2,1H3,(H,23,24)/t12-/m1/s1. The Morgan fingerprint density at radius 1 is 1.21 bits per heavy atom. The third-order valence-corrected chi connectivity index (χ3v) is 4.48. The van der Waals surface area contributed by atoms with Crippen LogP contribution in [0, 0.1) is 0 Å². The first-order valence-corrected chi connectivity index (χ1v) is 7.71. The number of alkyl halides is 3. The number of rotatable bonds is 4. The van der Waals surface area contributed by atoms with Crippen molar-refractivity contribution in [1.29, 1.82) is 0 Å². The molecule has 0 unspecified atom stereocenters. The van der Waals surface area contributed by atoms with Gasteiger partial charge in [0.25, 0.3) is 0 Å². The van der Waals surface area contributed by atoms with Gasteiger partial charge in [0, 0.05) is 12.4 Å². The number of hydrogen-bond donors (Lipinski definition) is 1. The van der Waals surface area contributed by atoms with Crippen molar-refractivity contribution in [2.45, 2.75) is 37.4 Å². The van der Waals surface area contributed by atoms with Crippen LogP contribution in [0.2, 0.25) is 0 Å². The van der Waals surface area contributed by atoms with Gasteiger partial charge in [-0.1, -0.05) is 18.2 Å². The van der Waals surface area contributed by atoms with Gasteiger partial charge in [0.15, 0.2) is 0 Å². The van der Waals surface area contributed by atoms with Gasteiger partial charge in [0.1, 0.15) is 0 Å². The molecule has 24 heavy (non-hydrogen) atoms. The third-order valence-electron chi connectivity index (χ3n) is 4.48. The summed E-state index contributed by atoms with van der Waals surface area (Å²) in [5.41, 5.74) is -0.237. The Hall–Kier alpha value is -2.37. The highest BCUT2D eigenvalue weighted by Gasteiger charge is 2.52. The van der Waals surface area contributed by atoms with Crippen molar-refractivity contribution >= 4 is 5.91 Å². The predicted octanol–water partition coefficient (Wildman–Crippen LogP) is 4.01. The van der Waals surface area contributed by atoms with Crippen LogP contribution in [0.15, 0.2) is 48.8 Å². The van der Waals surface area contributed by atoms with Crippen molar-refractivity contribution in [3.8, 4) is 0 Å². The Balaban J connectivity index is 1.80. The third kappa shape index (κ3) is 3.13. The highest BCUT2D eigenvalue weighted by Crippen LogP contribution is 2.49. The first kappa shape index (κ1) is 16.5. The molecule has 2 aromatic rings. The quantitative estimate of drug-likeness (QED) is 0.918. The second kappa shape index (κ2) is 5.92. The molecule has 0 radical (unpaired) electrons. The van der Waals surface area contributed by atoms with Crippen molar-refractivity contribution in [3.63, 3.8) is 0 Å². The molecule has 3 nitrogen and oxygen atoms in total. The molecular formula is C18H17F3N2O. The molecule has 1 aromatic heterocycles. The van der Waals surface area contributed by atoms with E-state index in [0.29, 0.717) is 18.4 Å². The Morgan fingerprint density at radius 2 is 1.88 bits per heavy atom. The van der Waals surface area contributed by atoms with E-state index in [4.69, 9.17) is 0 Å². The summed E-state index contributed by atoms with van der Waals surface area (Å²) in [6, 6.07) is 8.44. The second-order valence-electron chi connectivity index (χ2n) is 6.14. The first-order valence-electron chi connectivity index (χ1n) is 7.71. The molecule has 0 saturated heterocycles. The first-order chi connectivity index (χ1) is 11.3. The van der Waals surface area contributed by atoms with Crippen molar-refractivity contribution < 1.29 is 18.0 Å². The number of aromatic nitrogens is 1. The minimum atomic E-state index is -4.41. The normalized spacial score (nSPS) is 17.2. The average molecular weight is 334 g/mol. The fraction of sp³-hybridized carbons (Fsp3) is 0.333. The van der Waals surface area contributed by atoms with E-state index in [-0.39, 0.29) is 11.9 Å². The maximum atomic E-state index is 12.9. The molecule has 0 spiro atoms. The summed E-state index contributed by atoms with van der Waals surface area (Å²) in [4.78, 5) is 16.6.